The fraction of sp³-hybridized carbons (Fsp3) is 0.600. The molecule has 0 amide bonds. The van der Waals surface area contributed by atoms with Crippen molar-refractivity contribution in [3.05, 3.63) is 34.9 Å². The highest BCUT2D eigenvalue weighted by molar-refractivity contribution is 5.33. The summed E-state index contributed by atoms with van der Waals surface area (Å²) in [6.07, 6.45) is 0. The highest BCUT2D eigenvalue weighted by Gasteiger charge is 2.15. The number of rotatable bonds is 6. The van der Waals surface area contributed by atoms with Crippen LogP contribution in [0.3, 0.4) is 0 Å². The van der Waals surface area contributed by atoms with Crippen LogP contribution in [0.1, 0.15) is 29.7 Å². The van der Waals surface area contributed by atoms with Gasteiger partial charge in [0.15, 0.2) is 0 Å². The maximum atomic E-state index is 6.32. The summed E-state index contributed by atoms with van der Waals surface area (Å²) in [6.45, 7) is 7.95. The molecule has 0 bridgehead atoms. The van der Waals surface area contributed by atoms with E-state index in [2.05, 4.69) is 50.9 Å². The smallest absolute Gasteiger partial charge is 0.0615 e. The van der Waals surface area contributed by atoms with Crippen molar-refractivity contribution in [2.75, 3.05) is 27.3 Å². The summed E-state index contributed by atoms with van der Waals surface area (Å²) < 4.78 is 5.17. The highest BCUT2D eigenvalue weighted by Crippen LogP contribution is 2.18. The summed E-state index contributed by atoms with van der Waals surface area (Å²) in [5.41, 5.74) is 10.1. The number of hydrogen-bond acceptors (Lipinski definition) is 3. The second kappa shape index (κ2) is 6.88. The summed E-state index contributed by atoms with van der Waals surface area (Å²) in [4.78, 5) is 2.25. The number of aryl methyl sites for hydroxylation is 2. The molecule has 0 heterocycles. The lowest BCUT2D eigenvalue weighted by atomic mass is 9.99. The van der Waals surface area contributed by atoms with Crippen LogP contribution in [0.4, 0.5) is 0 Å². The van der Waals surface area contributed by atoms with Crippen LogP contribution in [0.2, 0.25) is 0 Å². The maximum Gasteiger partial charge on any atom is 0.0615 e. The first-order chi connectivity index (χ1) is 8.45. The molecule has 0 fully saturated rings. The average molecular weight is 250 g/mol. The predicted molar refractivity (Wildman–Crippen MR) is 76.8 cm³/mol. The van der Waals surface area contributed by atoms with Gasteiger partial charge in [-0.05, 0) is 38.9 Å². The molecule has 1 rings (SSSR count). The molecule has 0 spiro atoms. The number of nitrogens with two attached hydrogens (primary N) is 1. The van der Waals surface area contributed by atoms with E-state index in [1.54, 1.807) is 7.11 Å². The number of hydrogen-bond donors (Lipinski definition) is 1. The number of benzene rings is 1. The fourth-order valence-corrected chi connectivity index (χ4v) is 2.12. The van der Waals surface area contributed by atoms with E-state index in [1.807, 2.05) is 0 Å². The molecule has 1 aromatic carbocycles. The molecule has 0 aliphatic heterocycles. The lowest BCUT2D eigenvalue weighted by Gasteiger charge is -2.27. The van der Waals surface area contributed by atoms with Gasteiger partial charge in [-0.15, -0.1) is 0 Å². The van der Waals surface area contributed by atoms with Gasteiger partial charge in [0.1, 0.15) is 0 Å². The summed E-state index contributed by atoms with van der Waals surface area (Å²) in [7, 11) is 3.82. The van der Waals surface area contributed by atoms with E-state index in [1.165, 1.54) is 16.7 Å². The van der Waals surface area contributed by atoms with E-state index in [-0.39, 0.29) is 6.04 Å². The second-order valence-corrected chi connectivity index (χ2v) is 5.21. The number of methoxy groups -OCH3 is 1. The molecule has 2 atom stereocenters. The van der Waals surface area contributed by atoms with Crippen molar-refractivity contribution in [2.24, 2.45) is 5.73 Å². The Hall–Kier alpha value is -0.900. The van der Waals surface area contributed by atoms with Crippen LogP contribution in [0.15, 0.2) is 18.2 Å². The molecule has 0 saturated carbocycles. The number of likely N-dealkylation sites (N-methyl/N-ethyl adjacent to an activating group) is 1. The summed E-state index contributed by atoms with van der Waals surface area (Å²) in [5, 5.41) is 0. The van der Waals surface area contributed by atoms with Crippen molar-refractivity contribution in [3.8, 4) is 0 Å². The molecular weight excluding hydrogens is 224 g/mol. The van der Waals surface area contributed by atoms with Crippen LogP contribution in [-0.4, -0.2) is 38.3 Å². The third-order valence-electron chi connectivity index (χ3n) is 3.48. The molecule has 18 heavy (non-hydrogen) atoms. The van der Waals surface area contributed by atoms with E-state index in [0.717, 1.165) is 13.2 Å². The van der Waals surface area contributed by atoms with Crippen LogP contribution >= 0.6 is 0 Å². The van der Waals surface area contributed by atoms with Crippen LogP contribution in [0.5, 0.6) is 0 Å². The van der Waals surface area contributed by atoms with Crippen LogP contribution < -0.4 is 5.73 Å². The number of nitrogens with zero attached hydrogens (tertiary/aromatic N) is 1. The molecular formula is C15H26N2O. The zero-order valence-electron chi connectivity index (χ0n) is 12.2. The summed E-state index contributed by atoms with van der Waals surface area (Å²) >= 11 is 0. The Morgan fingerprint density at radius 3 is 2.61 bits per heavy atom. The Morgan fingerprint density at radius 1 is 1.33 bits per heavy atom. The molecule has 0 aliphatic rings. The van der Waals surface area contributed by atoms with Crippen molar-refractivity contribution >= 4 is 0 Å². The van der Waals surface area contributed by atoms with Crippen molar-refractivity contribution in [3.63, 3.8) is 0 Å². The Bertz CT molecular complexity index is 379. The molecule has 102 valence electrons. The van der Waals surface area contributed by atoms with Gasteiger partial charge in [0.05, 0.1) is 6.61 Å². The monoisotopic (exact) mass is 250 g/mol. The molecule has 0 radical (unpaired) electrons. The van der Waals surface area contributed by atoms with Gasteiger partial charge in [0, 0.05) is 25.7 Å². The largest absolute Gasteiger partial charge is 0.383 e. The molecule has 0 aromatic heterocycles. The van der Waals surface area contributed by atoms with E-state index < -0.39 is 0 Å². The minimum absolute atomic E-state index is 0.0502. The average Bonchev–Trinajstić information content (AvgIpc) is 2.32. The zero-order chi connectivity index (χ0) is 13.7. The van der Waals surface area contributed by atoms with Crippen molar-refractivity contribution in [1.82, 2.24) is 4.90 Å². The second-order valence-electron chi connectivity index (χ2n) is 5.21. The lowest BCUT2D eigenvalue weighted by molar-refractivity contribution is 0.112. The summed E-state index contributed by atoms with van der Waals surface area (Å²) in [6, 6.07) is 6.89. The highest BCUT2D eigenvalue weighted by atomic mass is 16.5. The van der Waals surface area contributed by atoms with Crippen LogP contribution in [0.25, 0.3) is 0 Å². The van der Waals surface area contributed by atoms with Crippen LogP contribution in [0, 0.1) is 13.8 Å². The van der Waals surface area contributed by atoms with Crippen molar-refractivity contribution in [2.45, 2.75) is 32.9 Å². The zero-order valence-corrected chi connectivity index (χ0v) is 12.2. The van der Waals surface area contributed by atoms with Gasteiger partial charge in [-0.1, -0.05) is 23.8 Å². The Labute approximate surface area is 111 Å². The molecule has 0 aliphatic carbocycles. The lowest BCUT2D eigenvalue weighted by Crippen LogP contribution is -2.38. The molecule has 3 nitrogen and oxygen atoms in total. The Morgan fingerprint density at radius 2 is 2.00 bits per heavy atom. The normalized spacial score (nSPS) is 14.8. The van der Waals surface area contributed by atoms with Gasteiger partial charge in [-0.25, -0.2) is 0 Å². The first-order valence-corrected chi connectivity index (χ1v) is 6.47. The van der Waals surface area contributed by atoms with Gasteiger partial charge in [-0.2, -0.15) is 0 Å². The SMILES string of the molecule is COCC(C)N(C)CC(N)c1cc(C)ccc1C. The van der Waals surface area contributed by atoms with E-state index >= 15 is 0 Å². The standard InChI is InChI=1S/C15H26N2O/c1-11-6-7-12(2)14(8-11)15(16)9-17(4)13(3)10-18-5/h6-8,13,15H,9-10,16H2,1-5H3. The topological polar surface area (TPSA) is 38.5 Å². The molecule has 1 aromatic rings. The minimum atomic E-state index is 0.0502. The number of ether oxygens (including phenoxy) is 1. The first-order valence-electron chi connectivity index (χ1n) is 6.47. The summed E-state index contributed by atoms with van der Waals surface area (Å²) in [5.74, 6) is 0. The van der Waals surface area contributed by atoms with Crippen molar-refractivity contribution < 1.29 is 4.74 Å². The third-order valence-corrected chi connectivity index (χ3v) is 3.48. The molecule has 3 heteroatoms. The van der Waals surface area contributed by atoms with Gasteiger partial charge < -0.3 is 10.5 Å². The van der Waals surface area contributed by atoms with E-state index in [4.69, 9.17) is 10.5 Å². The quantitative estimate of drug-likeness (QED) is 0.841. The molecule has 0 saturated heterocycles. The van der Waals surface area contributed by atoms with Gasteiger partial charge in [0.25, 0.3) is 0 Å². The minimum Gasteiger partial charge on any atom is -0.383 e. The Balaban J connectivity index is 2.69. The fourth-order valence-electron chi connectivity index (χ4n) is 2.12. The molecule has 2 unspecified atom stereocenters. The van der Waals surface area contributed by atoms with Gasteiger partial charge in [-0.3, -0.25) is 4.90 Å². The maximum absolute atomic E-state index is 6.32. The van der Waals surface area contributed by atoms with Gasteiger partial charge in [0.2, 0.25) is 0 Å². The first kappa shape index (κ1) is 15.2. The predicted octanol–water partition coefficient (Wildman–Crippen LogP) is 2.27. The third kappa shape index (κ3) is 4.09. The van der Waals surface area contributed by atoms with E-state index in [9.17, 15) is 0 Å². The van der Waals surface area contributed by atoms with Crippen molar-refractivity contribution in [1.29, 1.82) is 0 Å². The Kier molecular flexibility index (Phi) is 5.79. The van der Waals surface area contributed by atoms with Gasteiger partial charge >= 0.3 is 0 Å². The van der Waals surface area contributed by atoms with E-state index in [0.29, 0.717) is 6.04 Å². The van der Waals surface area contributed by atoms with Crippen LogP contribution in [-0.2, 0) is 4.74 Å². The molecule has 2 N–H and O–H groups in total.